The third-order valence-electron chi connectivity index (χ3n) is 4.07. The molecular weight excluding hydrogens is 288 g/mol. The van der Waals surface area contributed by atoms with Crippen LogP contribution in [0, 0.1) is 5.92 Å². The summed E-state index contributed by atoms with van der Waals surface area (Å²) in [5, 5.41) is 9.19. The molecule has 0 aromatic carbocycles. The van der Waals surface area contributed by atoms with Crippen molar-refractivity contribution in [3.63, 3.8) is 0 Å². The summed E-state index contributed by atoms with van der Waals surface area (Å²) in [5.41, 5.74) is 0. The molecule has 1 unspecified atom stereocenters. The first-order chi connectivity index (χ1) is 10.2. The lowest BCUT2D eigenvalue weighted by molar-refractivity contribution is -0.141. The van der Waals surface area contributed by atoms with Crippen molar-refractivity contribution in [3.05, 3.63) is 12.4 Å². The number of piperidine rings is 1. The number of rotatable bonds is 3. The molecule has 2 aliphatic heterocycles. The molecule has 0 amide bonds. The van der Waals surface area contributed by atoms with Gasteiger partial charge in [0.05, 0.1) is 5.92 Å². The number of aliphatic carboxylic acids is 1. The van der Waals surface area contributed by atoms with Crippen molar-refractivity contribution in [2.24, 2.45) is 5.92 Å². The van der Waals surface area contributed by atoms with Gasteiger partial charge in [0.15, 0.2) is 0 Å². The van der Waals surface area contributed by atoms with Gasteiger partial charge in [0.2, 0.25) is 0 Å². The van der Waals surface area contributed by atoms with E-state index in [1.807, 2.05) is 17.8 Å². The number of carboxylic acid groups (broad SMARTS) is 1. The molecule has 0 aliphatic carbocycles. The van der Waals surface area contributed by atoms with Crippen LogP contribution in [0.5, 0.6) is 0 Å². The zero-order valence-corrected chi connectivity index (χ0v) is 12.8. The lowest BCUT2D eigenvalue weighted by Gasteiger charge is -2.32. The standard InChI is InChI=1S/C14H20N4O2S/c19-14(20)11-2-1-3-18(9-11)13-8-12(15-10-16-13)17-4-6-21-7-5-17/h8,10-11H,1-7,9H2,(H,19,20). The summed E-state index contributed by atoms with van der Waals surface area (Å²) in [6.07, 6.45) is 3.25. The summed E-state index contributed by atoms with van der Waals surface area (Å²) in [6.45, 7) is 3.44. The second-order valence-corrected chi connectivity index (χ2v) is 6.68. The van der Waals surface area contributed by atoms with Crippen LogP contribution < -0.4 is 9.80 Å². The summed E-state index contributed by atoms with van der Waals surface area (Å²) < 4.78 is 0. The average Bonchev–Trinajstić information content (AvgIpc) is 2.56. The maximum absolute atomic E-state index is 11.2. The van der Waals surface area contributed by atoms with Crippen LogP contribution in [0.25, 0.3) is 0 Å². The summed E-state index contributed by atoms with van der Waals surface area (Å²) in [7, 11) is 0. The molecule has 1 aromatic rings. The second-order valence-electron chi connectivity index (χ2n) is 5.46. The fraction of sp³-hybridized carbons (Fsp3) is 0.643. The molecule has 0 saturated carbocycles. The van der Waals surface area contributed by atoms with Crippen molar-refractivity contribution >= 4 is 29.4 Å². The van der Waals surface area contributed by atoms with Gasteiger partial charge in [-0.2, -0.15) is 11.8 Å². The van der Waals surface area contributed by atoms with E-state index in [0.717, 1.165) is 55.6 Å². The van der Waals surface area contributed by atoms with Gasteiger partial charge in [0, 0.05) is 43.8 Å². The van der Waals surface area contributed by atoms with Gasteiger partial charge < -0.3 is 14.9 Å². The smallest absolute Gasteiger partial charge is 0.308 e. The van der Waals surface area contributed by atoms with Crippen LogP contribution in [0.2, 0.25) is 0 Å². The SMILES string of the molecule is O=C(O)C1CCCN(c2cc(N3CCSCC3)ncn2)C1. The van der Waals surface area contributed by atoms with Gasteiger partial charge in [-0.3, -0.25) is 4.79 Å². The van der Waals surface area contributed by atoms with Crippen molar-refractivity contribution < 1.29 is 9.90 Å². The Morgan fingerprint density at radius 1 is 1.19 bits per heavy atom. The Hall–Kier alpha value is -1.50. The predicted molar refractivity (Wildman–Crippen MR) is 84.1 cm³/mol. The Morgan fingerprint density at radius 3 is 2.62 bits per heavy atom. The van der Waals surface area contributed by atoms with Crippen LogP contribution >= 0.6 is 11.8 Å². The molecule has 0 bridgehead atoms. The Labute approximate surface area is 128 Å². The van der Waals surface area contributed by atoms with Crippen LogP contribution in [-0.2, 0) is 4.79 Å². The topological polar surface area (TPSA) is 69.6 Å². The number of hydrogen-bond donors (Lipinski definition) is 1. The van der Waals surface area contributed by atoms with Crippen molar-refractivity contribution in [3.8, 4) is 0 Å². The van der Waals surface area contributed by atoms with Crippen molar-refractivity contribution in [2.75, 3.05) is 47.5 Å². The highest BCUT2D eigenvalue weighted by atomic mass is 32.2. The van der Waals surface area contributed by atoms with E-state index in [9.17, 15) is 9.90 Å². The molecule has 7 heteroatoms. The molecule has 1 atom stereocenters. The summed E-state index contributed by atoms with van der Waals surface area (Å²) in [6, 6.07) is 2.00. The molecule has 3 heterocycles. The van der Waals surface area contributed by atoms with E-state index in [1.165, 1.54) is 0 Å². The predicted octanol–water partition coefficient (Wildman–Crippen LogP) is 1.33. The maximum atomic E-state index is 11.2. The third kappa shape index (κ3) is 3.40. The van der Waals surface area contributed by atoms with Crippen LogP contribution in [0.4, 0.5) is 11.6 Å². The summed E-state index contributed by atoms with van der Waals surface area (Å²) in [5.74, 6) is 3.07. The number of carboxylic acids is 1. The van der Waals surface area contributed by atoms with Gasteiger partial charge in [0.1, 0.15) is 18.0 Å². The lowest BCUT2D eigenvalue weighted by atomic mass is 9.98. The summed E-state index contributed by atoms with van der Waals surface area (Å²) in [4.78, 5) is 24.2. The molecule has 6 nitrogen and oxygen atoms in total. The van der Waals surface area contributed by atoms with Crippen molar-refractivity contribution in [2.45, 2.75) is 12.8 Å². The Bertz CT molecular complexity index is 508. The molecule has 1 aromatic heterocycles. The Morgan fingerprint density at radius 2 is 1.90 bits per heavy atom. The molecule has 2 fully saturated rings. The Kier molecular flexibility index (Phi) is 4.48. The number of anilines is 2. The number of nitrogens with zero attached hydrogens (tertiary/aromatic N) is 4. The minimum atomic E-state index is -0.706. The minimum Gasteiger partial charge on any atom is -0.481 e. The van der Waals surface area contributed by atoms with Gasteiger partial charge in [-0.25, -0.2) is 9.97 Å². The van der Waals surface area contributed by atoms with E-state index in [1.54, 1.807) is 6.33 Å². The van der Waals surface area contributed by atoms with Gasteiger partial charge in [-0.15, -0.1) is 0 Å². The quantitative estimate of drug-likeness (QED) is 0.903. The van der Waals surface area contributed by atoms with Gasteiger partial charge in [-0.1, -0.05) is 0 Å². The normalized spacial score (nSPS) is 23.1. The number of thioether (sulfide) groups is 1. The van der Waals surface area contributed by atoms with Crippen molar-refractivity contribution in [1.29, 1.82) is 0 Å². The molecule has 21 heavy (non-hydrogen) atoms. The lowest BCUT2D eigenvalue weighted by Crippen LogP contribution is -2.39. The Balaban J connectivity index is 1.74. The minimum absolute atomic E-state index is 0.288. The van der Waals surface area contributed by atoms with Gasteiger partial charge in [0.25, 0.3) is 0 Å². The van der Waals surface area contributed by atoms with Gasteiger partial charge >= 0.3 is 5.97 Å². The average molecular weight is 308 g/mol. The van der Waals surface area contributed by atoms with Crippen LogP contribution in [0.1, 0.15) is 12.8 Å². The zero-order chi connectivity index (χ0) is 14.7. The summed E-state index contributed by atoms with van der Waals surface area (Å²) >= 11 is 1.97. The highest BCUT2D eigenvalue weighted by Crippen LogP contribution is 2.25. The van der Waals surface area contributed by atoms with E-state index in [0.29, 0.717) is 6.54 Å². The fourth-order valence-electron chi connectivity index (χ4n) is 2.86. The largest absolute Gasteiger partial charge is 0.481 e. The highest BCUT2D eigenvalue weighted by molar-refractivity contribution is 7.99. The molecular formula is C14H20N4O2S. The van der Waals surface area contributed by atoms with E-state index < -0.39 is 5.97 Å². The van der Waals surface area contributed by atoms with Crippen LogP contribution in [0.3, 0.4) is 0 Å². The molecule has 0 spiro atoms. The van der Waals surface area contributed by atoms with E-state index in [-0.39, 0.29) is 5.92 Å². The van der Waals surface area contributed by atoms with E-state index in [2.05, 4.69) is 19.8 Å². The maximum Gasteiger partial charge on any atom is 0.308 e. The molecule has 0 radical (unpaired) electrons. The number of hydrogen-bond acceptors (Lipinski definition) is 6. The molecule has 114 valence electrons. The molecule has 3 rings (SSSR count). The van der Waals surface area contributed by atoms with E-state index in [4.69, 9.17) is 0 Å². The fourth-order valence-corrected chi connectivity index (χ4v) is 3.77. The second kappa shape index (κ2) is 6.51. The van der Waals surface area contributed by atoms with Crippen LogP contribution in [0.15, 0.2) is 12.4 Å². The van der Waals surface area contributed by atoms with E-state index >= 15 is 0 Å². The monoisotopic (exact) mass is 308 g/mol. The molecule has 1 N–H and O–H groups in total. The molecule has 2 saturated heterocycles. The molecule has 2 aliphatic rings. The number of aromatic nitrogens is 2. The first kappa shape index (κ1) is 14.4. The van der Waals surface area contributed by atoms with Gasteiger partial charge in [-0.05, 0) is 12.8 Å². The number of carbonyl (C=O) groups is 1. The highest BCUT2D eigenvalue weighted by Gasteiger charge is 2.26. The zero-order valence-electron chi connectivity index (χ0n) is 11.9. The third-order valence-corrected chi connectivity index (χ3v) is 5.01. The van der Waals surface area contributed by atoms with Crippen molar-refractivity contribution in [1.82, 2.24) is 9.97 Å². The van der Waals surface area contributed by atoms with Crippen LogP contribution in [-0.4, -0.2) is 58.7 Å². The first-order valence-corrected chi connectivity index (χ1v) is 8.52. The first-order valence-electron chi connectivity index (χ1n) is 7.36.